The van der Waals surface area contributed by atoms with Gasteiger partial charge in [-0.05, 0) is 85.9 Å². The largest absolute Gasteiger partial charge is 0.393 e. The summed E-state index contributed by atoms with van der Waals surface area (Å²) in [4.78, 5) is 0. The molecule has 4 aliphatic carbocycles. The average molecular weight is 308 g/mol. The van der Waals surface area contributed by atoms with E-state index in [1.807, 2.05) is 0 Å². The molecule has 0 saturated heterocycles. The molecule has 4 saturated carbocycles. The van der Waals surface area contributed by atoms with E-state index in [4.69, 9.17) is 0 Å². The highest BCUT2D eigenvalue weighted by Gasteiger charge is 2.61. The van der Waals surface area contributed by atoms with Crippen LogP contribution in [0.15, 0.2) is 0 Å². The molecule has 9 atom stereocenters. The van der Waals surface area contributed by atoms with Crippen LogP contribution in [0.5, 0.6) is 0 Å². The van der Waals surface area contributed by atoms with Gasteiger partial charge in [-0.2, -0.15) is 0 Å². The maximum atomic E-state index is 10.5. The summed E-state index contributed by atoms with van der Waals surface area (Å²) < 4.78 is 0. The molecular formula is C19H32O3. The van der Waals surface area contributed by atoms with Crippen LogP contribution in [-0.4, -0.2) is 33.6 Å². The fourth-order valence-electron chi connectivity index (χ4n) is 7.22. The minimum atomic E-state index is -0.530. The van der Waals surface area contributed by atoms with Crippen LogP contribution in [0.3, 0.4) is 0 Å². The summed E-state index contributed by atoms with van der Waals surface area (Å²) in [5.41, 5.74) is 0.305. The van der Waals surface area contributed by atoms with E-state index < -0.39 is 12.2 Å². The third kappa shape index (κ3) is 1.91. The lowest BCUT2D eigenvalue weighted by Crippen LogP contribution is -2.54. The molecule has 0 aromatic heterocycles. The van der Waals surface area contributed by atoms with Crippen molar-refractivity contribution in [1.82, 2.24) is 0 Å². The van der Waals surface area contributed by atoms with Gasteiger partial charge in [-0.25, -0.2) is 0 Å². The third-order valence-electron chi connectivity index (χ3n) is 8.61. The molecule has 4 rings (SSSR count). The zero-order valence-corrected chi connectivity index (χ0v) is 14.0. The monoisotopic (exact) mass is 308 g/mol. The Bertz CT molecular complexity index is 452. The summed E-state index contributed by atoms with van der Waals surface area (Å²) in [6.07, 6.45) is 7.49. The fourth-order valence-corrected chi connectivity index (χ4v) is 7.22. The van der Waals surface area contributed by atoms with E-state index in [9.17, 15) is 15.3 Å². The highest BCUT2D eigenvalue weighted by molar-refractivity contribution is 5.11. The Balaban J connectivity index is 1.63. The maximum absolute atomic E-state index is 10.5. The molecule has 0 bridgehead atoms. The first-order valence-corrected chi connectivity index (χ1v) is 9.40. The Hall–Kier alpha value is -0.120. The molecule has 0 amide bonds. The molecule has 0 heterocycles. The van der Waals surface area contributed by atoms with E-state index in [-0.39, 0.29) is 11.5 Å². The fraction of sp³-hybridized carbons (Fsp3) is 1.00. The van der Waals surface area contributed by atoms with Crippen molar-refractivity contribution in [3.63, 3.8) is 0 Å². The van der Waals surface area contributed by atoms with Crippen molar-refractivity contribution in [2.45, 2.75) is 83.5 Å². The van der Waals surface area contributed by atoms with Crippen molar-refractivity contribution < 1.29 is 15.3 Å². The molecule has 3 N–H and O–H groups in total. The number of hydrogen-bond acceptors (Lipinski definition) is 3. The molecule has 3 heteroatoms. The molecule has 4 fully saturated rings. The second-order valence-electron chi connectivity index (χ2n) is 9.38. The molecule has 0 radical (unpaired) electrons. The Morgan fingerprint density at radius 2 is 1.50 bits per heavy atom. The lowest BCUT2D eigenvalue weighted by Gasteiger charge is -2.60. The van der Waals surface area contributed by atoms with E-state index in [2.05, 4.69) is 13.8 Å². The van der Waals surface area contributed by atoms with Gasteiger partial charge in [0.05, 0.1) is 18.3 Å². The maximum Gasteiger partial charge on any atom is 0.0855 e. The van der Waals surface area contributed by atoms with Crippen LogP contribution in [0, 0.1) is 34.5 Å². The smallest absolute Gasteiger partial charge is 0.0855 e. The Kier molecular flexibility index (Phi) is 3.46. The Morgan fingerprint density at radius 3 is 2.27 bits per heavy atom. The van der Waals surface area contributed by atoms with Crippen LogP contribution in [0.4, 0.5) is 0 Å². The number of aliphatic hydroxyl groups is 3. The summed E-state index contributed by atoms with van der Waals surface area (Å²) in [6.45, 7) is 4.69. The van der Waals surface area contributed by atoms with Crippen LogP contribution in [0.2, 0.25) is 0 Å². The molecule has 0 unspecified atom stereocenters. The first kappa shape index (κ1) is 15.4. The van der Waals surface area contributed by atoms with Gasteiger partial charge in [0.25, 0.3) is 0 Å². The number of rotatable bonds is 0. The zero-order valence-electron chi connectivity index (χ0n) is 14.0. The van der Waals surface area contributed by atoms with Gasteiger partial charge in [0.1, 0.15) is 0 Å². The summed E-state index contributed by atoms with van der Waals surface area (Å²) in [5, 5.41) is 30.8. The van der Waals surface area contributed by atoms with Gasteiger partial charge < -0.3 is 15.3 Å². The van der Waals surface area contributed by atoms with Gasteiger partial charge in [-0.1, -0.05) is 13.8 Å². The van der Waals surface area contributed by atoms with Gasteiger partial charge in [-0.15, -0.1) is 0 Å². The van der Waals surface area contributed by atoms with E-state index in [1.54, 1.807) is 0 Å². The van der Waals surface area contributed by atoms with Gasteiger partial charge in [-0.3, -0.25) is 0 Å². The molecule has 22 heavy (non-hydrogen) atoms. The van der Waals surface area contributed by atoms with Crippen LogP contribution in [0.1, 0.15) is 65.2 Å². The Labute approximate surface area is 134 Å². The number of aliphatic hydroxyl groups excluding tert-OH is 3. The lowest BCUT2D eigenvalue weighted by atomic mass is 9.45. The molecular weight excluding hydrogens is 276 g/mol. The normalized spacial score (nSPS) is 61.2. The third-order valence-corrected chi connectivity index (χ3v) is 8.61. The average Bonchev–Trinajstić information content (AvgIpc) is 2.72. The quantitative estimate of drug-likeness (QED) is 0.645. The summed E-state index contributed by atoms with van der Waals surface area (Å²) >= 11 is 0. The number of hydrogen-bond donors (Lipinski definition) is 3. The molecule has 0 aromatic carbocycles. The highest BCUT2D eigenvalue weighted by atomic mass is 16.3. The lowest BCUT2D eigenvalue weighted by molar-refractivity contribution is -0.135. The van der Waals surface area contributed by atoms with Crippen molar-refractivity contribution in [1.29, 1.82) is 0 Å². The molecule has 126 valence electrons. The summed E-state index contributed by atoms with van der Waals surface area (Å²) in [5.74, 6) is 2.57. The van der Waals surface area contributed by atoms with Gasteiger partial charge in [0.15, 0.2) is 0 Å². The topological polar surface area (TPSA) is 60.7 Å². The molecule has 3 nitrogen and oxygen atoms in total. The number of fused-ring (bicyclic) bond motifs is 5. The van der Waals surface area contributed by atoms with Gasteiger partial charge in [0, 0.05) is 0 Å². The molecule has 4 aliphatic rings. The van der Waals surface area contributed by atoms with E-state index >= 15 is 0 Å². The van der Waals surface area contributed by atoms with Crippen LogP contribution in [0.25, 0.3) is 0 Å². The van der Waals surface area contributed by atoms with Crippen molar-refractivity contribution in [2.75, 3.05) is 0 Å². The van der Waals surface area contributed by atoms with Crippen molar-refractivity contribution >= 4 is 0 Å². The van der Waals surface area contributed by atoms with Crippen molar-refractivity contribution in [3.8, 4) is 0 Å². The Morgan fingerprint density at radius 1 is 0.773 bits per heavy atom. The molecule has 0 aliphatic heterocycles. The minimum Gasteiger partial charge on any atom is -0.393 e. The molecule has 0 spiro atoms. The van der Waals surface area contributed by atoms with Crippen LogP contribution >= 0.6 is 0 Å². The van der Waals surface area contributed by atoms with Gasteiger partial charge in [0.2, 0.25) is 0 Å². The predicted octanol–water partition coefficient (Wildman–Crippen LogP) is 2.72. The summed E-state index contributed by atoms with van der Waals surface area (Å²) in [6, 6.07) is 0. The first-order chi connectivity index (χ1) is 10.4. The van der Waals surface area contributed by atoms with E-state index in [0.29, 0.717) is 23.2 Å². The van der Waals surface area contributed by atoms with E-state index in [0.717, 1.165) is 38.0 Å². The highest BCUT2D eigenvalue weighted by Crippen LogP contribution is 2.66. The second kappa shape index (κ2) is 4.94. The minimum absolute atomic E-state index is 0.0715. The van der Waals surface area contributed by atoms with Gasteiger partial charge >= 0.3 is 0 Å². The molecule has 0 aromatic rings. The van der Waals surface area contributed by atoms with Crippen molar-refractivity contribution in [3.05, 3.63) is 0 Å². The standard InChI is InChI=1S/C19H32O3/c1-18-7-5-12(20)9-11(18)3-4-13-14(18)6-8-19(2)15(13)10-16(21)17(19)22/h11-17,20-22H,3-10H2,1-2H3/t11-,12+,13+,14-,15-,16-,17-,18-,19-/m0/s1. The van der Waals surface area contributed by atoms with Crippen LogP contribution in [-0.2, 0) is 0 Å². The second-order valence-corrected chi connectivity index (χ2v) is 9.38. The van der Waals surface area contributed by atoms with E-state index in [1.165, 1.54) is 19.3 Å². The first-order valence-electron chi connectivity index (χ1n) is 9.40. The van der Waals surface area contributed by atoms with Crippen molar-refractivity contribution in [2.24, 2.45) is 34.5 Å². The predicted molar refractivity (Wildman–Crippen MR) is 85.1 cm³/mol. The summed E-state index contributed by atoms with van der Waals surface area (Å²) in [7, 11) is 0. The van der Waals surface area contributed by atoms with Crippen LogP contribution < -0.4 is 0 Å². The SMILES string of the molecule is C[C@]12CC[C@@H](O)C[C@@H]1CC[C@@H]1[C@@H]2CC[C@]2(C)[C@@H](O)[C@@H](O)C[C@@H]12. The zero-order chi connectivity index (χ0) is 15.7.